The van der Waals surface area contributed by atoms with Crippen LogP contribution in [0.3, 0.4) is 0 Å². The molecule has 1 unspecified atom stereocenters. The molecule has 1 aliphatic rings. The number of carbonyl (C=O) groups excluding carboxylic acids is 1. The number of hydrogen-bond donors (Lipinski definition) is 0. The number of amides is 1. The van der Waals surface area contributed by atoms with E-state index >= 15 is 0 Å². The van der Waals surface area contributed by atoms with Crippen LogP contribution in [0, 0.1) is 11.8 Å². The van der Waals surface area contributed by atoms with Crippen LogP contribution in [0.25, 0.3) is 0 Å². The van der Waals surface area contributed by atoms with Crippen LogP contribution < -0.4 is 15.1 Å². The number of methoxy groups -OCH3 is 2. The molecule has 2 aromatic rings. The molecule has 1 atom stereocenters. The van der Waals surface area contributed by atoms with Crippen molar-refractivity contribution in [3.8, 4) is 17.6 Å². The summed E-state index contributed by atoms with van der Waals surface area (Å²) in [6.45, 7) is 13.2. The van der Waals surface area contributed by atoms with Gasteiger partial charge in [-0.25, -0.2) is 9.78 Å². The zero-order valence-electron chi connectivity index (χ0n) is 23.0. The number of rotatable bonds is 7. The summed E-state index contributed by atoms with van der Waals surface area (Å²) in [5.74, 6) is 7.36. The van der Waals surface area contributed by atoms with Crippen LogP contribution in [0.15, 0.2) is 30.3 Å². The van der Waals surface area contributed by atoms with Gasteiger partial charge in [0.2, 0.25) is 0 Å². The van der Waals surface area contributed by atoms with E-state index in [1.54, 1.807) is 19.1 Å². The number of aromatic nitrogens is 1. The van der Waals surface area contributed by atoms with Gasteiger partial charge < -0.3 is 28.5 Å². The van der Waals surface area contributed by atoms with E-state index in [4.69, 9.17) is 18.7 Å². The SMILES string of the molecule is CCOP(C)c1cc(C#Cc2ccc(OC)c(N3CCN(C(=O)OC(C)(C)C)CC3)c2)cc(COC)n1. The molecule has 0 spiro atoms. The summed E-state index contributed by atoms with van der Waals surface area (Å²) in [6, 6.07) is 9.88. The lowest BCUT2D eigenvalue weighted by atomic mass is 10.1. The monoisotopic (exact) mass is 527 g/mol. The molecule has 0 aliphatic carbocycles. The van der Waals surface area contributed by atoms with Crippen molar-refractivity contribution in [2.24, 2.45) is 0 Å². The van der Waals surface area contributed by atoms with E-state index < -0.39 is 13.7 Å². The average Bonchev–Trinajstić information content (AvgIpc) is 2.86. The molecule has 0 radical (unpaired) electrons. The largest absolute Gasteiger partial charge is 0.495 e. The first-order chi connectivity index (χ1) is 17.6. The third-order valence-electron chi connectivity index (χ3n) is 5.60. The predicted octanol–water partition coefficient (Wildman–Crippen LogP) is 4.38. The summed E-state index contributed by atoms with van der Waals surface area (Å²) >= 11 is 0. The number of ether oxygens (including phenoxy) is 3. The van der Waals surface area contributed by atoms with Crippen molar-refractivity contribution in [1.82, 2.24) is 9.88 Å². The van der Waals surface area contributed by atoms with Gasteiger partial charge in [-0.15, -0.1) is 0 Å². The third kappa shape index (κ3) is 8.33. The summed E-state index contributed by atoms with van der Waals surface area (Å²) in [5, 5.41) is 0. The number of piperazine rings is 1. The van der Waals surface area contributed by atoms with Crippen molar-refractivity contribution >= 4 is 25.4 Å². The highest BCUT2D eigenvalue weighted by molar-refractivity contribution is 7.59. The van der Waals surface area contributed by atoms with E-state index in [0.717, 1.165) is 33.7 Å². The van der Waals surface area contributed by atoms with Crippen LogP contribution in [-0.2, 0) is 20.6 Å². The van der Waals surface area contributed by atoms with Crippen LogP contribution in [0.1, 0.15) is 44.5 Å². The Labute approximate surface area is 222 Å². The summed E-state index contributed by atoms with van der Waals surface area (Å²) < 4.78 is 22.3. The molecule has 3 rings (SSSR count). The molecule has 0 bridgehead atoms. The molecule has 200 valence electrons. The van der Waals surface area contributed by atoms with Crippen LogP contribution >= 0.6 is 8.15 Å². The normalized spacial score (nSPS) is 14.6. The second-order valence-electron chi connectivity index (χ2n) is 9.64. The minimum Gasteiger partial charge on any atom is -0.495 e. The standard InChI is InChI=1S/C28H38N3O5P/c1-8-35-37(7)26-19-22(17-23(29-26)20-33-5)10-9-21-11-12-25(34-6)24(18-21)30-13-15-31(16-14-30)27(32)36-28(2,3)4/h11-12,17-19H,8,13-16,20H2,1-7H3. The lowest BCUT2D eigenvalue weighted by Crippen LogP contribution is -2.50. The molecule has 2 heterocycles. The van der Waals surface area contributed by atoms with Gasteiger partial charge in [0.1, 0.15) is 11.4 Å². The highest BCUT2D eigenvalue weighted by Crippen LogP contribution is 2.31. The molecular formula is C28H38N3O5P. The third-order valence-corrected chi connectivity index (χ3v) is 7.12. The molecule has 1 aromatic carbocycles. The lowest BCUT2D eigenvalue weighted by molar-refractivity contribution is 0.0240. The fourth-order valence-corrected chi connectivity index (χ4v) is 5.01. The second kappa shape index (κ2) is 13.1. The first-order valence-corrected chi connectivity index (χ1v) is 14.1. The maximum atomic E-state index is 12.4. The van der Waals surface area contributed by atoms with Crippen molar-refractivity contribution in [1.29, 1.82) is 0 Å². The molecule has 1 aromatic heterocycles. The first-order valence-electron chi connectivity index (χ1n) is 12.4. The number of benzene rings is 1. The van der Waals surface area contributed by atoms with E-state index in [0.29, 0.717) is 39.4 Å². The van der Waals surface area contributed by atoms with E-state index in [-0.39, 0.29) is 6.09 Å². The Morgan fingerprint density at radius 2 is 1.76 bits per heavy atom. The first kappa shape index (κ1) is 28.7. The van der Waals surface area contributed by atoms with Crippen LogP contribution in [-0.4, -0.2) is 75.2 Å². The quantitative estimate of drug-likeness (QED) is 0.391. The summed E-state index contributed by atoms with van der Waals surface area (Å²) in [4.78, 5) is 21.1. The Morgan fingerprint density at radius 3 is 2.38 bits per heavy atom. The van der Waals surface area contributed by atoms with Crippen LogP contribution in [0.4, 0.5) is 10.5 Å². The molecule has 1 aliphatic heterocycles. The van der Waals surface area contributed by atoms with Crippen molar-refractivity contribution in [2.75, 3.05) is 58.6 Å². The molecule has 1 amide bonds. The lowest BCUT2D eigenvalue weighted by Gasteiger charge is -2.37. The molecule has 37 heavy (non-hydrogen) atoms. The molecule has 0 N–H and O–H groups in total. The highest BCUT2D eigenvalue weighted by atomic mass is 31.1. The van der Waals surface area contributed by atoms with Crippen molar-refractivity contribution in [3.05, 3.63) is 47.2 Å². The summed E-state index contributed by atoms with van der Waals surface area (Å²) in [7, 11) is 2.51. The number of anilines is 1. The second-order valence-corrected chi connectivity index (χ2v) is 11.4. The van der Waals surface area contributed by atoms with E-state index in [1.807, 2.05) is 64.7 Å². The Balaban J connectivity index is 1.80. The van der Waals surface area contributed by atoms with Gasteiger partial charge in [0.15, 0.2) is 0 Å². The van der Waals surface area contributed by atoms with Gasteiger partial charge in [0.05, 0.1) is 38.7 Å². The Kier molecular flexibility index (Phi) is 10.2. The smallest absolute Gasteiger partial charge is 0.410 e. The number of nitrogens with zero attached hydrogens (tertiary/aromatic N) is 3. The molecule has 1 fully saturated rings. The zero-order valence-corrected chi connectivity index (χ0v) is 23.9. The minimum atomic E-state index is -0.815. The van der Waals surface area contributed by atoms with Crippen LogP contribution in [0.2, 0.25) is 0 Å². The van der Waals surface area contributed by atoms with Gasteiger partial charge in [0.25, 0.3) is 0 Å². The number of hydrogen-bond acceptors (Lipinski definition) is 7. The van der Waals surface area contributed by atoms with Crippen molar-refractivity contribution in [3.63, 3.8) is 0 Å². The Hall–Kier alpha value is -2.85. The fourth-order valence-electron chi connectivity index (χ4n) is 3.90. The van der Waals surface area contributed by atoms with Crippen LogP contribution in [0.5, 0.6) is 5.75 Å². The maximum absolute atomic E-state index is 12.4. The van der Waals surface area contributed by atoms with Gasteiger partial charge in [-0.2, -0.15) is 0 Å². The maximum Gasteiger partial charge on any atom is 0.410 e. The van der Waals surface area contributed by atoms with Gasteiger partial charge in [0, 0.05) is 51.0 Å². The van der Waals surface area contributed by atoms with Crippen molar-refractivity contribution < 1.29 is 23.5 Å². The molecule has 1 saturated heterocycles. The summed E-state index contributed by atoms with van der Waals surface area (Å²) in [6.07, 6.45) is -0.275. The molecule has 8 nitrogen and oxygen atoms in total. The van der Waals surface area contributed by atoms with Gasteiger partial charge in [-0.05, 0) is 64.7 Å². The molecule has 9 heteroatoms. The van der Waals surface area contributed by atoms with Gasteiger partial charge in [-0.3, -0.25) is 0 Å². The topological polar surface area (TPSA) is 73.4 Å². The van der Waals surface area contributed by atoms with E-state index in [2.05, 4.69) is 21.7 Å². The predicted molar refractivity (Wildman–Crippen MR) is 148 cm³/mol. The average molecular weight is 528 g/mol. The van der Waals surface area contributed by atoms with Gasteiger partial charge in [-0.1, -0.05) is 11.8 Å². The molecular weight excluding hydrogens is 489 g/mol. The number of pyridine rings is 1. The Morgan fingerprint density at radius 1 is 1.05 bits per heavy atom. The van der Waals surface area contributed by atoms with E-state index in [9.17, 15) is 4.79 Å². The van der Waals surface area contributed by atoms with Gasteiger partial charge >= 0.3 is 6.09 Å². The zero-order chi connectivity index (χ0) is 27.0. The number of carbonyl (C=O) groups is 1. The summed E-state index contributed by atoms with van der Waals surface area (Å²) in [5.41, 5.74) is 3.93. The Bertz CT molecular complexity index is 1130. The van der Waals surface area contributed by atoms with Crippen molar-refractivity contribution in [2.45, 2.75) is 39.9 Å². The minimum absolute atomic E-state index is 0.275. The highest BCUT2D eigenvalue weighted by Gasteiger charge is 2.27. The van der Waals surface area contributed by atoms with E-state index in [1.165, 1.54) is 0 Å². The molecule has 0 saturated carbocycles. The fraction of sp³-hybridized carbons (Fsp3) is 0.500.